The van der Waals surface area contributed by atoms with Gasteiger partial charge in [-0.3, -0.25) is 9.59 Å². The molecular formula is C16H23N3O2. The van der Waals surface area contributed by atoms with Crippen molar-refractivity contribution in [2.75, 3.05) is 23.7 Å². The van der Waals surface area contributed by atoms with E-state index in [1.165, 1.54) is 0 Å². The monoisotopic (exact) mass is 289 g/mol. The van der Waals surface area contributed by atoms with Gasteiger partial charge < -0.3 is 16.0 Å². The molecule has 114 valence electrons. The summed E-state index contributed by atoms with van der Waals surface area (Å²) in [5, 5.41) is 8.51. The molecule has 3 N–H and O–H groups in total. The third kappa shape index (κ3) is 7.27. The number of anilines is 2. The van der Waals surface area contributed by atoms with Crippen molar-refractivity contribution in [3.63, 3.8) is 0 Å². The molecular weight excluding hydrogens is 266 g/mol. The summed E-state index contributed by atoms with van der Waals surface area (Å²) in [6.45, 7) is 8.39. The molecule has 0 aliphatic heterocycles. The highest BCUT2D eigenvalue weighted by molar-refractivity contribution is 5.93. The van der Waals surface area contributed by atoms with Crippen molar-refractivity contribution in [2.45, 2.75) is 20.3 Å². The number of nitrogens with one attached hydrogen (secondary N) is 3. The first-order chi connectivity index (χ1) is 10.0. The van der Waals surface area contributed by atoms with Gasteiger partial charge in [-0.1, -0.05) is 19.9 Å². The number of hydrogen-bond donors (Lipinski definition) is 3. The molecule has 21 heavy (non-hydrogen) atoms. The van der Waals surface area contributed by atoms with Crippen LogP contribution in [0.4, 0.5) is 11.4 Å². The average molecular weight is 289 g/mol. The fourth-order valence-corrected chi connectivity index (χ4v) is 1.71. The number of amides is 2. The van der Waals surface area contributed by atoms with E-state index in [9.17, 15) is 9.59 Å². The Morgan fingerprint density at radius 3 is 2.10 bits per heavy atom. The highest BCUT2D eigenvalue weighted by atomic mass is 16.2. The zero-order chi connectivity index (χ0) is 15.7. The Kier molecular flexibility index (Phi) is 7.18. The Morgan fingerprint density at radius 2 is 1.62 bits per heavy atom. The minimum absolute atomic E-state index is 0.00425. The molecule has 2 amide bonds. The van der Waals surface area contributed by atoms with E-state index in [2.05, 4.69) is 22.5 Å². The standard InChI is InChI=1S/C16H23N3O2/c1-4-9-17-11-16(21)19-14-7-5-13(6-8-14)18-15(20)10-12(2)3/h4-8,12,17H,1,9-11H2,2-3H3,(H,18,20)(H,19,21). The third-order valence-corrected chi connectivity index (χ3v) is 2.62. The van der Waals surface area contributed by atoms with E-state index in [-0.39, 0.29) is 18.4 Å². The molecule has 0 radical (unpaired) electrons. The van der Waals surface area contributed by atoms with E-state index >= 15 is 0 Å². The van der Waals surface area contributed by atoms with Crippen molar-refractivity contribution in [3.05, 3.63) is 36.9 Å². The lowest BCUT2D eigenvalue weighted by molar-refractivity contribution is -0.117. The first-order valence-corrected chi connectivity index (χ1v) is 7.02. The van der Waals surface area contributed by atoms with Crippen LogP contribution < -0.4 is 16.0 Å². The van der Waals surface area contributed by atoms with Crippen LogP contribution in [0, 0.1) is 5.92 Å². The first kappa shape index (κ1) is 16.9. The van der Waals surface area contributed by atoms with E-state index in [0.717, 1.165) is 5.69 Å². The highest BCUT2D eigenvalue weighted by Crippen LogP contribution is 2.14. The van der Waals surface area contributed by atoms with Crippen molar-refractivity contribution in [1.82, 2.24) is 5.32 Å². The summed E-state index contributed by atoms with van der Waals surface area (Å²) in [5.74, 6) is 0.204. The molecule has 0 aliphatic rings. The maximum absolute atomic E-state index is 11.6. The van der Waals surface area contributed by atoms with Crippen molar-refractivity contribution in [1.29, 1.82) is 0 Å². The van der Waals surface area contributed by atoms with E-state index in [1.54, 1.807) is 30.3 Å². The largest absolute Gasteiger partial charge is 0.326 e. The second kappa shape index (κ2) is 8.92. The van der Waals surface area contributed by atoms with Crippen molar-refractivity contribution in [3.8, 4) is 0 Å². The van der Waals surface area contributed by atoms with Gasteiger partial charge in [0.1, 0.15) is 0 Å². The molecule has 0 saturated heterocycles. The van der Waals surface area contributed by atoms with E-state index in [1.807, 2.05) is 13.8 Å². The SMILES string of the molecule is C=CCNCC(=O)Nc1ccc(NC(=O)CC(C)C)cc1. The second-order valence-corrected chi connectivity index (χ2v) is 5.19. The van der Waals surface area contributed by atoms with E-state index < -0.39 is 0 Å². The van der Waals surface area contributed by atoms with Gasteiger partial charge in [0.05, 0.1) is 6.54 Å². The molecule has 0 fully saturated rings. The Bertz CT molecular complexity index is 481. The van der Waals surface area contributed by atoms with Gasteiger partial charge in [0.2, 0.25) is 11.8 Å². The molecule has 5 nitrogen and oxygen atoms in total. The minimum atomic E-state index is -0.117. The molecule has 1 rings (SSSR count). The lowest BCUT2D eigenvalue weighted by Crippen LogP contribution is -2.28. The summed E-state index contributed by atoms with van der Waals surface area (Å²) in [5.41, 5.74) is 1.42. The molecule has 0 bridgehead atoms. The van der Waals surface area contributed by atoms with E-state index in [0.29, 0.717) is 24.6 Å². The maximum atomic E-state index is 11.6. The van der Waals surface area contributed by atoms with Crippen LogP contribution in [0.3, 0.4) is 0 Å². The molecule has 0 spiro atoms. The molecule has 0 atom stereocenters. The smallest absolute Gasteiger partial charge is 0.238 e. The highest BCUT2D eigenvalue weighted by Gasteiger charge is 2.06. The van der Waals surface area contributed by atoms with Crippen LogP contribution in [-0.2, 0) is 9.59 Å². The van der Waals surface area contributed by atoms with Crippen molar-refractivity contribution in [2.24, 2.45) is 5.92 Å². The first-order valence-electron chi connectivity index (χ1n) is 7.02. The van der Waals surface area contributed by atoms with Crippen LogP contribution in [0.2, 0.25) is 0 Å². The Labute approximate surface area is 125 Å². The minimum Gasteiger partial charge on any atom is -0.326 e. The van der Waals surface area contributed by atoms with Crippen LogP contribution in [0.15, 0.2) is 36.9 Å². The second-order valence-electron chi connectivity index (χ2n) is 5.19. The van der Waals surface area contributed by atoms with Gasteiger partial charge in [-0.05, 0) is 30.2 Å². The predicted molar refractivity (Wildman–Crippen MR) is 86.2 cm³/mol. The number of benzene rings is 1. The summed E-state index contributed by atoms with van der Waals surface area (Å²) >= 11 is 0. The van der Waals surface area contributed by atoms with Gasteiger partial charge in [0, 0.05) is 24.3 Å². The Morgan fingerprint density at radius 1 is 1.10 bits per heavy atom. The fourth-order valence-electron chi connectivity index (χ4n) is 1.71. The average Bonchev–Trinajstić information content (AvgIpc) is 2.40. The third-order valence-electron chi connectivity index (χ3n) is 2.62. The van der Waals surface area contributed by atoms with Crippen LogP contribution in [0.1, 0.15) is 20.3 Å². The van der Waals surface area contributed by atoms with Gasteiger partial charge in [0.15, 0.2) is 0 Å². The molecule has 0 heterocycles. The van der Waals surface area contributed by atoms with Gasteiger partial charge >= 0.3 is 0 Å². The lowest BCUT2D eigenvalue weighted by Gasteiger charge is -2.09. The number of carbonyl (C=O) groups excluding carboxylic acids is 2. The number of rotatable bonds is 8. The molecule has 1 aromatic carbocycles. The van der Waals surface area contributed by atoms with Crippen molar-refractivity contribution >= 4 is 23.2 Å². The zero-order valence-corrected chi connectivity index (χ0v) is 12.6. The summed E-state index contributed by atoms with van der Waals surface area (Å²) in [6, 6.07) is 7.06. The van der Waals surface area contributed by atoms with Crippen LogP contribution in [0.25, 0.3) is 0 Å². The van der Waals surface area contributed by atoms with Crippen molar-refractivity contribution < 1.29 is 9.59 Å². The maximum Gasteiger partial charge on any atom is 0.238 e. The van der Waals surface area contributed by atoms with E-state index in [4.69, 9.17) is 0 Å². The molecule has 0 aliphatic carbocycles. The summed E-state index contributed by atoms with van der Waals surface area (Å²) in [6.07, 6.45) is 2.19. The van der Waals surface area contributed by atoms with Gasteiger partial charge in [-0.25, -0.2) is 0 Å². The predicted octanol–water partition coefficient (Wildman–Crippen LogP) is 2.39. The van der Waals surface area contributed by atoms with Gasteiger partial charge in [-0.15, -0.1) is 6.58 Å². The van der Waals surface area contributed by atoms with Crippen LogP contribution >= 0.6 is 0 Å². The Hall–Kier alpha value is -2.14. The number of hydrogen-bond acceptors (Lipinski definition) is 3. The van der Waals surface area contributed by atoms with Crippen LogP contribution in [-0.4, -0.2) is 24.9 Å². The topological polar surface area (TPSA) is 70.2 Å². The molecule has 0 aromatic heterocycles. The zero-order valence-electron chi connectivity index (χ0n) is 12.6. The molecule has 0 saturated carbocycles. The molecule has 5 heteroatoms. The normalized spacial score (nSPS) is 10.2. The quantitative estimate of drug-likeness (QED) is 0.508. The molecule has 0 unspecified atom stereocenters. The Balaban J connectivity index is 2.44. The summed E-state index contributed by atoms with van der Waals surface area (Å²) < 4.78 is 0. The summed E-state index contributed by atoms with van der Waals surface area (Å²) in [7, 11) is 0. The van der Waals surface area contributed by atoms with Crippen LogP contribution in [0.5, 0.6) is 0 Å². The van der Waals surface area contributed by atoms with Gasteiger partial charge in [0.25, 0.3) is 0 Å². The lowest BCUT2D eigenvalue weighted by atomic mass is 10.1. The fraction of sp³-hybridized carbons (Fsp3) is 0.375. The summed E-state index contributed by atoms with van der Waals surface area (Å²) in [4.78, 5) is 23.2. The van der Waals surface area contributed by atoms with Gasteiger partial charge in [-0.2, -0.15) is 0 Å². The number of carbonyl (C=O) groups is 2. The molecule has 1 aromatic rings.